The number of phenols is 1. The zero-order valence-corrected chi connectivity index (χ0v) is 16.8. The number of hydrazone groups is 1. The molecule has 0 aliphatic heterocycles. The normalized spacial score (nSPS) is 11.5. The van der Waals surface area contributed by atoms with E-state index in [0.29, 0.717) is 16.6 Å². The molecule has 1 heterocycles. The Morgan fingerprint density at radius 1 is 0.966 bits per heavy atom. The summed E-state index contributed by atoms with van der Waals surface area (Å²) in [5.74, 6) is -0.0158. The van der Waals surface area contributed by atoms with Crippen molar-refractivity contribution < 1.29 is 9.90 Å². The quantitative estimate of drug-likeness (QED) is 0.334. The SMILES string of the molecule is O=C(CCn1c2ccc(Cl)cc2c2cc(Cl)ccc21)NN=Cc1ccc(O)cc1. The molecule has 0 aliphatic carbocycles. The van der Waals surface area contributed by atoms with Gasteiger partial charge in [0.2, 0.25) is 5.91 Å². The van der Waals surface area contributed by atoms with Crippen LogP contribution < -0.4 is 5.43 Å². The highest BCUT2D eigenvalue weighted by atomic mass is 35.5. The molecule has 3 aromatic carbocycles. The van der Waals surface area contributed by atoms with E-state index in [0.717, 1.165) is 27.4 Å². The molecular formula is C22H17Cl2N3O2. The van der Waals surface area contributed by atoms with E-state index in [2.05, 4.69) is 15.1 Å². The Labute approximate surface area is 177 Å². The molecule has 0 spiro atoms. The second kappa shape index (κ2) is 8.15. The molecule has 0 atom stereocenters. The molecule has 0 bridgehead atoms. The average Bonchev–Trinajstić information content (AvgIpc) is 3.00. The summed E-state index contributed by atoms with van der Waals surface area (Å²) < 4.78 is 2.08. The highest BCUT2D eigenvalue weighted by Crippen LogP contribution is 2.32. The predicted molar refractivity (Wildman–Crippen MR) is 118 cm³/mol. The van der Waals surface area contributed by atoms with Crippen molar-refractivity contribution in [3.8, 4) is 5.75 Å². The van der Waals surface area contributed by atoms with Gasteiger partial charge >= 0.3 is 0 Å². The number of amides is 1. The van der Waals surface area contributed by atoms with Crippen LogP contribution >= 0.6 is 23.2 Å². The number of halogens is 2. The highest BCUT2D eigenvalue weighted by molar-refractivity contribution is 6.33. The highest BCUT2D eigenvalue weighted by Gasteiger charge is 2.12. The molecule has 1 aromatic heterocycles. The third-order valence-corrected chi connectivity index (χ3v) is 5.12. The van der Waals surface area contributed by atoms with Crippen molar-refractivity contribution in [3.63, 3.8) is 0 Å². The van der Waals surface area contributed by atoms with Gasteiger partial charge in [-0.3, -0.25) is 4.79 Å². The summed E-state index contributed by atoms with van der Waals surface area (Å²) in [6, 6.07) is 17.9. The van der Waals surface area contributed by atoms with Gasteiger partial charge in [-0.2, -0.15) is 5.10 Å². The molecule has 7 heteroatoms. The smallest absolute Gasteiger partial charge is 0.241 e. The van der Waals surface area contributed by atoms with Crippen LogP contribution in [0.4, 0.5) is 0 Å². The first-order valence-electron chi connectivity index (χ1n) is 8.99. The minimum Gasteiger partial charge on any atom is -0.508 e. The molecule has 0 fully saturated rings. The molecule has 0 radical (unpaired) electrons. The molecule has 0 aliphatic rings. The summed E-state index contributed by atoms with van der Waals surface area (Å²) in [7, 11) is 0. The van der Waals surface area contributed by atoms with Crippen LogP contribution in [0, 0.1) is 0 Å². The first-order chi connectivity index (χ1) is 14.0. The summed E-state index contributed by atoms with van der Waals surface area (Å²) >= 11 is 12.4. The number of carbonyl (C=O) groups excluding carboxylic acids is 1. The number of rotatable bonds is 5. The van der Waals surface area contributed by atoms with E-state index in [1.54, 1.807) is 24.3 Å². The molecule has 1 amide bonds. The lowest BCUT2D eigenvalue weighted by Crippen LogP contribution is -2.19. The summed E-state index contributed by atoms with van der Waals surface area (Å²) in [6.07, 6.45) is 1.79. The van der Waals surface area contributed by atoms with Crippen LogP contribution in [0.2, 0.25) is 10.0 Å². The van der Waals surface area contributed by atoms with Gasteiger partial charge in [0.05, 0.1) is 6.21 Å². The Morgan fingerprint density at radius 2 is 1.55 bits per heavy atom. The average molecular weight is 426 g/mol. The molecular weight excluding hydrogens is 409 g/mol. The van der Waals surface area contributed by atoms with Gasteiger partial charge < -0.3 is 9.67 Å². The minimum atomic E-state index is -0.196. The van der Waals surface area contributed by atoms with Crippen LogP contribution in [0.3, 0.4) is 0 Å². The topological polar surface area (TPSA) is 66.6 Å². The van der Waals surface area contributed by atoms with E-state index in [1.165, 1.54) is 6.21 Å². The zero-order valence-electron chi connectivity index (χ0n) is 15.3. The largest absolute Gasteiger partial charge is 0.508 e. The lowest BCUT2D eigenvalue weighted by Gasteiger charge is -2.07. The molecule has 5 nitrogen and oxygen atoms in total. The Bertz CT molecular complexity index is 1170. The van der Waals surface area contributed by atoms with E-state index in [9.17, 15) is 9.90 Å². The number of carbonyl (C=O) groups is 1. The van der Waals surface area contributed by atoms with Crippen molar-refractivity contribution in [2.75, 3.05) is 0 Å². The lowest BCUT2D eigenvalue weighted by atomic mass is 10.1. The number of nitrogens with one attached hydrogen (secondary N) is 1. The molecule has 29 heavy (non-hydrogen) atoms. The fourth-order valence-corrected chi connectivity index (χ4v) is 3.64. The van der Waals surface area contributed by atoms with Crippen molar-refractivity contribution in [2.24, 2.45) is 5.10 Å². The monoisotopic (exact) mass is 425 g/mol. The summed E-state index contributed by atoms with van der Waals surface area (Å²) in [5.41, 5.74) is 5.30. The standard InChI is InChI=1S/C22H17Cl2N3O2/c23-15-3-7-20-18(11-15)19-12-16(24)4-8-21(19)27(20)10-9-22(29)26-25-13-14-1-5-17(28)6-2-14/h1-8,11-13,28H,9-10H2,(H,26,29). The first-order valence-corrected chi connectivity index (χ1v) is 9.75. The van der Waals surface area contributed by atoms with Crippen LogP contribution in [0.5, 0.6) is 5.75 Å². The lowest BCUT2D eigenvalue weighted by molar-refractivity contribution is -0.121. The van der Waals surface area contributed by atoms with E-state index in [1.807, 2.05) is 36.4 Å². The van der Waals surface area contributed by atoms with Gasteiger partial charge in [-0.15, -0.1) is 0 Å². The zero-order chi connectivity index (χ0) is 20.4. The number of hydrogen-bond acceptors (Lipinski definition) is 3. The Morgan fingerprint density at radius 3 is 2.14 bits per heavy atom. The number of aromatic nitrogens is 1. The van der Waals surface area contributed by atoms with Crippen LogP contribution in [-0.4, -0.2) is 21.8 Å². The molecule has 2 N–H and O–H groups in total. The van der Waals surface area contributed by atoms with Crippen LogP contribution in [-0.2, 0) is 11.3 Å². The number of phenolic OH excluding ortho intramolecular Hbond substituents is 1. The van der Waals surface area contributed by atoms with E-state index in [4.69, 9.17) is 23.2 Å². The number of nitrogens with zero attached hydrogens (tertiary/aromatic N) is 2. The maximum absolute atomic E-state index is 12.2. The number of fused-ring (bicyclic) bond motifs is 3. The molecule has 4 rings (SSSR count). The van der Waals surface area contributed by atoms with Crippen molar-refractivity contribution in [1.29, 1.82) is 0 Å². The summed E-state index contributed by atoms with van der Waals surface area (Å²) in [4.78, 5) is 12.2. The molecule has 4 aromatic rings. The first kappa shape index (κ1) is 19.3. The Balaban J connectivity index is 1.51. The van der Waals surface area contributed by atoms with Crippen LogP contribution in [0.1, 0.15) is 12.0 Å². The number of aromatic hydroxyl groups is 1. The maximum atomic E-state index is 12.2. The van der Waals surface area contributed by atoms with Gasteiger partial charge in [0.1, 0.15) is 5.75 Å². The fourth-order valence-electron chi connectivity index (χ4n) is 3.30. The van der Waals surface area contributed by atoms with E-state index < -0.39 is 0 Å². The van der Waals surface area contributed by atoms with Gasteiger partial charge in [0.15, 0.2) is 0 Å². The van der Waals surface area contributed by atoms with Crippen LogP contribution in [0.15, 0.2) is 65.8 Å². The van der Waals surface area contributed by atoms with Gasteiger partial charge in [-0.05, 0) is 66.2 Å². The fraction of sp³-hybridized carbons (Fsp3) is 0.0909. The van der Waals surface area contributed by atoms with Gasteiger partial charge in [-0.1, -0.05) is 23.2 Å². The molecule has 0 saturated carbocycles. The summed E-state index contributed by atoms with van der Waals surface area (Å²) in [5, 5.41) is 16.6. The van der Waals surface area contributed by atoms with Crippen LogP contribution in [0.25, 0.3) is 21.8 Å². The Hall–Kier alpha value is -3.02. The van der Waals surface area contributed by atoms with Crippen molar-refractivity contribution in [2.45, 2.75) is 13.0 Å². The minimum absolute atomic E-state index is 0.180. The van der Waals surface area contributed by atoms with Gasteiger partial charge in [0, 0.05) is 44.8 Å². The number of aryl methyl sites for hydroxylation is 1. The number of benzene rings is 3. The van der Waals surface area contributed by atoms with Gasteiger partial charge in [-0.25, -0.2) is 5.43 Å². The molecule has 146 valence electrons. The van der Waals surface area contributed by atoms with Crippen molar-refractivity contribution in [3.05, 3.63) is 76.3 Å². The summed E-state index contributed by atoms with van der Waals surface area (Å²) in [6.45, 7) is 0.490. The number of hydrogen-bond donors (Lipinski definition) is 2. The third-order valence-electron chi connectivity index (χ3n) is 4.65. The molecule has 0 unspecified atom stereocenters. The van der Waals surface area contributed by atoms with E-state index >= 15 is 0 Å². The second-order valence-electron chi connectivity index (χ2n) is 6.61. The van der Waals surface area contributed by atoms with Gasteiger partial charge in [0.25, 0.3) is 0 Å². The van der Waals surface area contributed by atoms with Crippen molar-refractivity contribution >= 4 is 57.1 Å². The second-order valence-corrected chi connectivity index (χ2v) is 7.48. The van der Waals surface area contributed by atoms with E-state index in [-0.39, 0.29) is 18.1 Å². The third kappa shape index (κ3) is 4.21. The maximum Gasteiger partial charge on any atom is 0.241 e. The predicted octanol–water partition coefficient (Wildman–Crippen LogP) is 5.35. The Kier molecular flexibility index (Phi) is 5.43. The van der Waals surface area contributed by atoms with Crippen molar-refractivity contribution in [1.82, 2.24) is 9.99 Å². The molecule has 0 saturated heterocycles.